The molecule has 2 nitrogen and oxygen atoms in total. The van der Waals surface area contributed by atoms with Crippen molar-refractivity contribution in [1.29, 1.82) is 0 Å². The Morgan fingerprint density at radius 1 is 1.36 bits per heavy atom. The van der Waals surface area contributed by atoms with Crippen molar-refractivity contribution < 1.29 is 10.2 Å². The molecule has 1 aromatic carbocycles. The Morgan fingerprint density at radius 2 is 2.14 bits per heavy atom. The fraction of sp³-hybridized carbons (Fsp3) is 0.500. The van der Waals surface area contributed by atoms with Crippen LogP contribution < -0.4 is 0 Å². The van der Waals surface area contributed by atoms with Crippen LogP contribution in [0.3, 0.4) is 0 Å². The van der Waals surface area contributed by atoms with Crippen molar-refractivity contribution in [2.24, 2.45) is 5.92 Å². The third kappa shape index (κ3) is 3.38. The number of hydrogen-bond donors (Lipinski definition) is 2. The smallest absolute Gasteiger partial charge is 0.115 e. The van der Waals surface area contributed by atoms with Crippen molar-refractivity contribution in [1.82, 2.24) is 0 Å². The standard InChI is InChI=1S/C12H18O2/c1-2-4-11(9-13)7-10-5-3-6-12(14)8-10/h3,5-6,8,11,13-14H,2,4,7,9H2,1H3. The van der Waals surface area contributed by atoms with E-state index in [1.165, 1.54) is 0 Å². The lowest BCUT2D eigenvalue weighted by molar-refractivity contribution is 0.217. The minimum absolute atomic E-state index is 0.226. The largest absolute Gasteiger partial charge is 0.508 e. The Morgan fingerprint density at radius 3 is 2.71 bits per heavy atom. The average molecular weight is 194 g/mol. The highest BCUT2D eigenvalue weighted by molar-refractivity contribution is 5.27. The first-order chi connectivity index (χ1) is 6.76. The van der Waals surface area contributed by atoms with Gasteiger partial charge in [-0.3, -0.25) is 0 Å². The average Bonchev–Trinajstić information content (AvgIpc) is 2.17. The molecule has 0 aliphatic rings. The van der Waals surface area contributed by atoms with Gasteiger partial charge in [-0.2, -0.15) is 0 Å². The molecule has 78 valence electrons. The van der Waals surface area contributed by atoms with Crippen molar-refractivity contribution in [3.63, 3.8) is 0 Å². The van der Waals surface area contributed by atoms with Crippen molar-refractivity contribution in [3.05, 3.63) is 29.8 Å². The van der Waals surface area contributed by atoms with Crippen LogP contribution in [0.1, 0.15) is 25.3 Å². The lowest BCUT2D eigenvalue weighted by atomic mass is 9.96. The van der Waals surface area contributed by atoms with Gasteiger partial charge >= 0.3 is 0 Å². The third-order valence-corrected chi connectivity index (χ3v) is 2.39. The summed E-state index contributed by atoms with van der Waals surface area (Å²) in [4.78, 5) is 0. The van der Waals surface area contributed by atoms with E-state index in [4.69, 9.17) is 5.11 Å². The second-order valence-electron chi connectivity index (χ2n) is 3.71. The van der Waals surface area contributed by atoms with Crippen LogP contribution in [-0.2, 0) is 6.42 Å². The normalized spacial score (nSPS) is 12.7. The van der Waals surface area contributed by atoms with Crippen LogP contribution in [0.5, 0.6) is 5.75 Å². The molecule has 1 atom stereocenters. The summed E-state index contributed by atoms with van der Waals surface area (Å²) in [6, 6.07) is 7.25. The zero-order chi connectivity index (χ0) is 10.4. The second kappa shape index (κ2) is 5.66. The first kappa shape index (κ1) is 11.1. The van der Waals surface area contributed by atoms with E-state index in [1.807, 2.05) is 12.1 Å². The molecule has 0 amide bonds. The first-order valence-corrected chi connectivity index (χ1v) is 5.15. The van der Waals surface area contributed by atoms with Gasteiger partial charge in [-0.1, -0.05) is 25.5 Å². The number of phenols is 1. The van der Waals surface area contributed by atoms with E-state index in [-0.39, 0.29) is 6.61 Å². The van der Waals surface area contributed by atoms with Crippen molar-refractivity contribution in [2.45, 2.75) is 26.2 Å². The molecule has 14 heavy (non-hydrogen) atoms. The first-order valence-electron chi connectivity index (χ1n) is 5.15. The monoisotopic (exact) mass is 194 g/mol. The molecule has 0 bridgehead atoms. The van der Waals surface area contributed by atoms with Crippen LogP contribution in [0, 0.1) is 5.92 Å². The van der Waals surface area contributed by atoms with Gasteiger partial charge in [-0.25, -0.2) is 0 Å². The molecular weight excluding hydrogens is 176 g/mol. The maximum absolute atomic E-state index is 9.27. The summed E-state index contributed by atoms with van der Waals surface area (Å²) in [5.74, 6) is 0.623. The predicted molar refractivity (Wildman–Crippen MR) is 57.3 cm³/mol. The summed E-state index contributed by atoms with van der Waals surface area (Å²) in [6.07, 6.45) is 2.97. The van der Waals surface area contributed by atoms with Crippen LogP contribution in [-0.4, -0.2) is 16.8 Å². The Bertz CT molecular complexity index is 271. The summed E-state index contributed by atoms with van der Waals surface area (Å²) in [5.41, 5.74) is 1.09. The lowest BCUT2D eigenvalue weighted by Gasteiger charge is -2.12. The highest BCUT2D eigenvalue weighted by Gasteiger charge is 2.07. The topological polar surface area (TPSA) is 40.5 Å². The molecule has 0 aromatic heterocycles. The molecule has 1 unspecified atom stereocenters. The summed E-state index contributed by atoms with van der Waals surface area (Å²) in [6.45, 7) is 2.34. The number of rotatable bonds is 5. The molecule has 0 aliphatic heterocycles. The zero-order valence-electron chi connectivity index (χ0n) is 8.61. The van der Waals surface area contributed by atoms with Crippen LogP contribution >= 0.6 is 0 Å². The van der Waals surface area contributed by atoms with Crippen molar-refractivity contribution in [2.75, 3.05) is 6.61 Å². The van der Waals surface area contributed by atoms with E-state index in [0.717, 1.165) is 24.8 Å². The minimum Gasteiger partial charge on any atom is -0.508 e. The minimum atomic E-state index is 0.226. The van der Waals surface area contributed by atoms with E-state index < -0.39 is 0 Å². The fourth-order valence-electron chi connectivity index (χ4n) is 1.68. The highest BCUT2D eigenvalue weighted by Crippen LogP contribution is 2.17. The van der Waals surface area contributed by atoms with Gasteiger partial charge in [-0.05, 0) is 36.5 Å². The SMILES string of the molecule is CCCC(CO)Cc1cccc(O)c1. The number of phenolic OH excluding ortho intramolecular Hbond substituents is 1. The summed E-state index contributed by atoms with van der Waals surface area (Å²) >= 11 is 0. The molecule has 0 heterocycles. The second-order valence-corrected chi connectivity index (χ2v) is 3.71. The molecule has 1 rings (SSSR count). The molecule has 1 aromatic rings. The Hall–Kier alpha value is -1.02. The van der Waals surface area contributed by atoms with Crippen LogP contribution in [0.25, 0.3) is 0 Å². The van der Waals surface area contributed by atoms with Gasteiger partial charge in [0.25, 0.3) is 0 Å². The molecule has 0 saturated heterocycles. The summed E-state index contributed by atoms with van der Waals surface area (Å²) < 4.78 is 0. The fourth-order valence-corrected chi connectivity index (χ4v) is 1.68. The molecule has 0 fully saturated rings. The predicted octanol–water partition coefficient (Wildman–Crippen LogP) is 2.34. The molecule has 0 saturated carbocycles. The van der Waals surface area contributed by atoms with Gasteiger partial charge in [0, 0.05) is 6.61 Å². The quantitative estimate of drug-likeness (QED) is 0.755. The van der Waals surface area contributed by atoms with E-state index >= 15 is 0 Å². The number of aromatic hydroxyl groups is 1. The number of benzene rings is 1. The highest BCUT2D eigenvalue weighted by atomic mass is 16.3. The van der Waals surface area contributed by atoms with Crippen LogP contribution in [0.2, 0.25) is 0 Å². The zero-order valence-corrected chi connectivity index (χ0v) is 8.61. The molecule has 0 spiro atoms. The Labute approximate surface area is 85.2 Å². The van der Waals surface area contributed by atoms with Gasteiger partial charge in [-0.15, -0.1) is 0 Å². The molecule has 0 radical (unpaired) electrons. The van der Waals surface area contributed by atoms with E-state index in [2.05, 4.69) is 6.92 Å². The number of aliphatic hydroxyl groups excluding tert-OH is 1. The molecule has 0 aliphatic carbocycles. The summed E-state index contributed by atoms with van der Waals surface area (Å²) in [7, 11) is 0. The van der Waals surface area contributed by atoms with Gasteiger partial charge in [0.05, 0.1) is 0 Å². The van der Waals surface area contributed by atoms with Gasteiger partial charge in [0.1, 0.15) is 5.75 Å². The third-order valence-electron chi connectivity index (χ3n) is 2.39. The van der Waals surface area contributed by atoms with Crippen LogP contribution in [0.4, 0.5) is 0 Å². The Kier molecular flexibility index (Phi) is 4.47. The lowest BCUT2D eigenvalue weighted by Crippen LogP contribution is -2.09. The van der Waals surface area contributed by atoms with Gasteiger partial charge in [0.15, 0.2) is 0 Å². The van der Waals surface area contributed by atoms with E-state index in [9.17, 15) is 5.11 Å². The Balaban J connectivity index is 2.57. The van der Waals surface area contributed by atoms with Crippen LogP contribution in [0.15, 0.2) is 24.3 Å². The molecule has 2 heteroatoms. The maximum Gasteiger partial charge on any atom is 0.115 e. The van der Waals surface area contributed by atoms with Gasteiger partial charge in [0.2, 0.25) is 0 Å². The van der Waals surface area contributed by atoms with Crippen molar-refractivity contribution in [3.8, 4) is 5.75 Å². The molecular formula is C12H18O2. The molecule has 2 N–H and O–H groups in total. The van der Waals surface area contributed by atoms with Gasteiger partial charge < -0.3 is 10.2 Å². The number of hydrogen-bond acceptors (Lipinski definition) is 2. The number of aliphatic hydroxyl groups is 1. The van der Waals surface area contributed by atoms with E-state index in [0.29, 0.717) is 11.7 Å². The summed E-state index contributed by atoms with van der Waals surface area (Å²) in [5, 5.41) is 18.4. The maximum atomic E-state index is 9.27. The van der Waals surface area contributed by atoms with E-state index in [1.54, 1.807) is 12.1 Å². The van der Waals surface area contributed by atoms with Crippen molar-refractivity contribution >= 4 is 0 Å².